The average molecular weight is 208 g/mol. The van der Waals surface area contributed by atoms with Crippen LogP contribution in [0.4, 0.5) is 0 Å². The molecule has 0 fully saturated rings. The van der Waals surface area contributed by atoms with Crippen LogP contribution < -0.4 is 0 Å². The molecule has 0 aromatic rings. The van der Waals surface area contributed by atoms with E-state index in [9.17, 15) is 4.79 Å². The maximum atomic E-state index is 11.3. The third kappa shape index (κ3) is 7.47. The minimum atomic E-state index is -0.348. The van der Waals surface area contributed by atoms with Gasteiger partial charge in [0, 0.05) is 18.2 Å². The number of allylic oxidation sites excluding steroid dienone is 3. The average Bonchev–Trinajstić information content (AvgIpc) is 2.17. The van der Waals surface area contributed by atoms with Crippen molar-refractivity contribution in [2.24, 2.45) is 0 Å². The van der Waals surface area contributed by atoms with Gasteiger partial charge in [-0.1, -0.05) is 12.2 Å². The van der Waals surface area contributed by atoms with Crippen molar-refractivity contribution >= 4 is 5.97 Å². The molecule has 0 rings (SSSR count). The fourth-order valence-corrected chi connectivity index (χ4v) is 0.738. The van der Waals surface area contributed by atoms with E-state index in [4.69, 9.17) is 10.00 Å². The molecule has 0 bridgehead atoms. The number of rotatable bonds is 5. The molecule has 0 heterocycles. The highest BCUT2D eigenvalue weighted by atomic mass is 16.5. The van der Waals surface area contributed by atoms with Crippen LogP contribution in [-0.4, -0.2) is 38.1 Å². The van der Waals surface area contributed by atoms with Crippen LogP contribution in [0.3, 0.4) is 0 Å². The molecular formula is C11H16N2O2. The molecule has 0 aromatic carbocycles. The molecule has 0 aliphatic heterocycles. The zero-order valence-electron chi connectivity index (χ0n) is 9.36. The summed E-state index contributed by atoms with van der Waals surface area (Å²) in [5.74, 6) is -0.348. The Hall–Kier alpha value is -1.60. The molecule has 4 nitrogen and oxygen atoms in total. The topological polar surface area (TPSA) is 53.3 Å². The molecule has 0 unspecified atom stereocenters. The van der Waals surface area contributed by atoms with E-state index in [0.717, 1.165) is 0 Å². The van der Waals surface area contributed by atoms with Crippen LogP contribution in [-0.2, 0) is 9.53 Å². The maximum Gasteiger partial charge on any atom is 0.333 e. The molecule has 0 N–H and O–H groups in total. The summed E-state index contributed by atoms with van der Waals surface area (Å²) >= 11 is 0. The number of hydrogen-bond donors (Lipinski definition) is 0. The second kappa shape index (κ2) is 7.77. The largest absolute Gasteiger partial charge is 0.461 e. The van der Waals surface area contributed by atoms with Crippen molar-refractivity contribution in [3.8, 4) is 6.07 Å². The normalized spacial score (nSPS) is 11.8. The lowest BCUT2D eigenvalue weighted by atomic mass is 10.3. The highest BCUT2D eigenvalue weighted by Gasteiger charge is 2.03. The van der Waals surface area contributed by atoms with E-state index in [-0.39, 0.29) is 5.97 Å². The number of carbonyl (C=O) groups excluding carboxylic acids is 1. The molecule has 82 valence electrons. The predicted molar refractivity (Wildman–Crippen MR) is 58.0 cm³/mol. The van der Waals surface area contributed by atoms with Gasteiger partial charge in [-0.15, -0.1) is 0 Å². The summed E-state index contributed by atoms with van der Waals surface area (Å²) in [6.07, 6.45) is 4.38. The fraction of sp³-hybridized carbons (Fsp3) is 0.455. The number of hydrogen-bond acceptors (Lipinski definition) is 4. The molecule has 0 atom stereocenters. The molecule has 0 saturated carbocycles. The van der Waals surface area contributed by atoms with Gasteiger partial charge in [0.2, 0.25) is 0 Å². The van der Waals surface area contributed by atoms with Crippen molar-refractivity contribution in [3.63, 3.8) is 0 Å². The van der Waals surface area contributed by atoms with Crippen molar-refractivity contribution in [2.45, 2.75) is 6.92 Å². The SMILES string of the molecule is CC(=CC=CC#N)C(=O)OCCN(C)C. The standard InChI is InChI=1S/C11H16N2O2/c1-10(6-4-5-7-12)11(14)15-9-8-13(2)3/h4-6H,8-9H2,1-3H3. The van der Waals surface area contributed by atoms with Gasteiger partial charge in [0.1, 0.15) is 6.61 Å². The van der Waals surface area contributed by atoms with E-state index in [0.29, 0.717) is 18.7 Å². The Kier molecular flexibility index (Phi) is 6.94. The van der Waals surface area contributed by atoms with Crippen LogP contribution in [0, 0.1) is 11.3 Å². The van der Waals surface area contributed by atoms with Gasteiger partial charge < -0.3 is 9.64 Å². The summed E-state index contributed by atoms with van der Waals surface area (Å²) in [6, 6.07) is 1.84. The summed E-state index contributed by atoms with van der Waals surface area (Å²) in [4.78, 5) is 13.2. The van der Waals surface area contributed by atoms with Crippen molar-refractivity contribution in [1.29, 1.82) is 5.26 Å². The Morgan fingerprint density at radius 1 is 1.53 bits per heavy atom. The number of likely N-dealkylation sites (N-methyl/N-ethyl adjacent to an activating group) is 1. The van der Waals surface area contributed by atoms with Crippen molar-refractivity contribution in [3.05, 3.63) is 23.8 Å². The van der Waals surface area contributed by atoms with Crippen LogP contribution in [0.2, 0.25) is 0 Å². The number of esters is 1. The number of nitriles is 1. The zero-order chi connectivity index (χ0) is 11.7. The van der Waals surface area contributed by atoms with Crippen LogP contribution >= 0.6 is 0 Å². The van der Waals surface area contributed by atoms with Crippen LogP contribution in [0.5, 0.6) is 0 Å². The van der Waals surface area contributed by atoms with Crippen LogP contribution in [0.25, 0.3) is 0 Å². The molecule has 15 heavy (non-hydrogen) atoms. The second-order valence-electron chi connectivity index (χ2n) is 3.28. The van der Waals surface area contributed by atoms with Crippen molar-refractivity contribution in [1.82, 2.24) is 4.90 Å². The van der Waals surface area contributed by atoms with Crippen LogP contribution in [0.1, 0.15) is 6.92 Å². The first kappa shape index (κ1) is 13.4. The van der Waals surface area contributed by atoms with Gasteiger partial charge >= 0.3 is 5.97 Å². The summed E-state index contributed by atoms with van der Waals surface area (Å²) in [7, 11) is 3.82. The molecule has 0 spiro atoms. The third-order valence-corrected chi connectivity index (χ3v) is 1.61. The van der Waals surface area contributed by atoms with Gasteiger partial charge in [-0.05, 0) is 21.0 Å². The minimum absolute atomic E-state index is 0.348. The zero-order valence-corrected chi connectivity index (χ0v) is 9.36. The summed E-state index contributed by atoms with van der Waals surface area (Å²) in [5, 5.41) is 8.23. The van der Waals surface area contributed by atoms with Gasteiger partial charge in [0.15, 0.2) is 0 Å². The molecular weight excluding hydrogens is 192 g/mol. The maximum absolute atomic E-state index is 11.3. The second-order valence-corrected chi connectivity index (χ2v) is 3.28. The fourth-order valence-electron chi connectivity index (χ4n) is 0.738. The van der Waals surface area contributed by atoms with Gasteiger partial charge in [0.05, 0.1) is 6.07 Å². The first-order valence-corrected chi connectivity index (χ1v) is 4.63. The van der Waals surface area contributed by atoms with Gasteiger partial charge in [0.25, 0.3) is 0 Å². The molecule has 0 amide bonds. The highest BCUT2D eigenvalue weighted by Crippen LogP contribution is 1.97. The lowest BCUT2D eigenvalue weighted by Gasteiger charge is -2.09. The van der Waals surface area contributed by atoms with E-state index in [1.807, 2.05) is 25.1 Å². The summed E-state index contributed by atoms with van der Waals surface area (Å²) in [5.41, 5.74) is 0.486. The molecule has 0 radical (unpaired) electrons. The summed E-state index contributed by atoms with van der Waals surface area (Å²) < 4.78 is 4.98. The monoisotopic (exact) mass is 208 g/mol. The van der Waals surface area contributed by atoms with Gasteiger partial charge in [-0.2, -0.15) is 5.26 Å². The molecule has 4 heteroatoms. The van der Waals surface area contributed by atoms with Crippen molar-refractivity contribution < 1.29 is 9.53 Å². The predicted octanol–water partition coefficient (Wildman–Crippen LogP) is 1.12. The first-order chi connectivity index (χ1) is 7.07. The summed E-state index contributed by atoms with van der Waals surface area (Å²) in [6.45, 7) is 2.73. The number of ether oxygens (including phenoxy) is 1. The molecule has 0 aliphatic carbocycles. The third-order valence-electron chi connectivity index (χ3n) is 1.61. The lowest BCUT2D eigenvalue weighted by molar-refractivity contribution is -0.139. The smallest absolute Gasteiger partial charge is 0.333 e. The van der Waals surface area contributed by atoms with E-state index in [1.165, 1.54) is 12.2 Å². The first-order valence-electron chi connectivity index (χ1n) is 4.63. The number of nitrogens with zero attached hydrogens (tertiary/aromatic N) is 2. The van der Waals surface area contributed by atoms with E-state index >= 15 is 0 Å². The van der Waals surface area contributed by atoms with E-state index < -0.39 is 0 Å². The quantitative estimate of drug-likeness (QED) is 0.294. The molecule has 0 aromatic heterocycles. The Bertz CT molecular complexity index is 298. The van der Waals surface area contributed by atoms with E-state index in [2.05, 4.69) is 0 Å². The Morgan fingerprint density at radius 2 is 2.20 bits per heavy atom. The van der Waals surface area contributed by atoms with Gasteiger partial charge in [-0.25, -0.2) is 4.79 Å². The van der Waals surface area contributed by atoms with Crippen LogP contribution in [0.15, 0.2) is 23.8 Å². The lowest BCUT2D eigenvalue weighted by Crippen LogP contribution is -2.20. The Morgan fingerprint density at radius 3 is 2.73 bits per heavy atom. The van der Waals surface area contributed by atoms with Crippen molar-refractivity contribution in [2.75, 3.05) is 27.2 Å². The molecule has 0 saturated heterocycles. The number of carbonyl (C=O) groups is 1. The highest BCUT2D eigenvalue weighted by molar-refractivity contribution is 5.88. The Balaban J connectivity index is 3.95. The molecule has 0 aliphatic rings. The van der Waals surface area contributed by atoms with E-state index in [1.54, 1.807) is 13.0 Å². The minimum Gasteiger partial charge on any atom is -0.461 e. The van der Waals surface area contributed by atoms with Gasteiger partial charge in [-0.3, -0.25) is 0 Å². The Labute approximate surface area is 90.4 Å².